The minimum atomic E-state index is 0.0191. The highest BCUT2D eigenvalue weighted by atomic mass is 16.6. The van der Waals surface area contributed by atoms with Gasteiger partial charge in [-0.1, -0.05) is 174 Å². The number of allylic oxidation sites excluding steroid dienone is 1. The van der Waals surface area contributed by atoms with Gasteiger partial charge in [0.1, 0.15) is 11.7 Å². The summed E-state index contributed by atoms with van der Waals surface area (Å²) in [6, 6.07) is 0. The predicted octanol–water partition coefficient (Wildman–Crippen LogP) is 12.0. The lowest BCUT2D eigenvalue weighted by atomic mass is 9.93. The molecule has 0 aromatic rings. The standard InChI is InChI=1S/C34H64O2/c1-3-5-7-9-11-13-15-17-19-20-22-24-26-28-30-32-33(36-34(32)35)31-29-27-25-23-21-18-16-14-12-10-8-6-4-2/h31-32H,3-30H2,1-2H3/b33-31-. The van der Waals surface area contributed by atoms with Crippen LogP contribution in [0, 0.1) is 5.92 Å². The van der Waals surface area contributed by atoms with Crippen LogP contribution in [0.4, 0.5) is 0 Å². The van der Waals surface area contributed by atoms with Gasteiger partial charge in [0.15, 0.2) is 0 Å². The van der Waals surface area contributed by atoms with E-state index in [4.69, 9.17) is 4.74 Å². The first-order valence-electron chi connectivity index (χ1n) is 16.7. The van der Waals surface area contributed by atoms with Crippen LogP contribution in [-0.2, 0) is 9.53 Å². The van der Waals surface area contributed by atoms with Crippen LogP contribution in [0.15, 0.2) is 11.8 Å². The van der Waals surface area contributed by atoms with Gasteiger partial charge in [0.2, 0.25) is 0 Å². The minimum absolute atomic E-state index is 0.0191. The lowest BCUT2D eigenvalue weighted by molar-refractivity contribution is -0.157. The molecule has 0 saturated carbocycles. The van der Waals surface area contributed by atoms with Gasteiger partial charge in [-0.3, -0.25) is 4.79 Å². The number of hydrogen-bond donors (Lipinski definition) is 0. The van der Waals surface area contributed by atoms with Crippen molar-refractivity contribution in [2.75, 3.05) is 0 Å². The van der Waals surface area contributed by atoms with Crippen molar-refractivity contribution in [3.8, 4) is 0 Å². The predicted molar refractivity (Wildman–Crippen MR) is 158 cm³/mol. The molecule has 1 aliphatic heterocycles. The number of hydrogen-bond acceptors (Lipinski definition) is 2. The molecule has 0 aromatic carbocycles. The molecule has 0 radical (unpaired) electrons. The van der Waals surface area contributed by atoms with Gasteiger partial charge >= 0.3 is 5.97 Å². The number of carbonyl (C=O) groups excluding carboxylic acids is 1. The fourth-order valence-electron chi connectivity index (χ4n) is 5.53. The molecule has 1 fully saturated rings. The van der Waals surface area contributed by atoms with Crippen molar-refractivity contribution < 1.29 is 9.53 Å². The number of unbranched alkanes of at least 4 members (excludes halogenated alkanes) is 25. The van der Waals surface area contributed by atoms with Crippen molar-refractivity contribution in [2.24, 2.45) is 5.92 Å². The highest BCUT2D eigenvalue weighted by Gasteiger charge is 2.36. The van der Waals surface area contributed by atoms with E-state index in [0.717, 1.165) is 18.6 Å². The van der Waals surface area contributed by atoms with Gasteiger partial charge in [-0.05, 0) is 25.3 Å². The normalized spacial score (nSPS) is 16.4. The molecule has 0 amide bonds. The Balaban J connectivity index is 1.86. The monoisotopic (exact) mass is 504 g/mol. The third-order valence-electron chi connectivity index (χ3n) is 8.10. The zero-order valence-electron chi connectivity index (χ0n) is 24.8. The average molecular weight is 505 g/mol. The van der Waals surface area contributed by atoms with E-state index in [1.54, 1.807) is 0 Å². The summed E-state index contributed by atoms with van der Waals surface area (Å²) < 4.78 is 5.35. The van der Waals surface area contributed by atoms with E-state index in [-0.39, 0.29) is 11.9 Å². The van der Waals surface area contributed by atoms with Crippen LogP contribution in [-0.4, -0.2) is 5.97 Å². The van der Waals surface area contributed by atoms with Crippen LogP contribution in [0.25, 0.3) is 0 Å². The fraction of sp³-hybridized carbons (Fsp3) is 0.912. The molecule has 2 heteroatoms. The van der Waals surface area contributed by atoms with E-state index in [1.165, 1.54) is 167 Å². The SMILES string of the molecule is CCCCCCCCCCCCCC/C=C1\OC(=O)C1CCCCCCCCCCCCCCCC. The molecule has 1 unspecified atom stereocenters. The average Bonchev–Trinajstić information content (AvgIpc) is 2.88. The number of cyclic esters (lactones) is 1. The van der Waals surface area contributed by atoms with Crippen LogP contribution in [0.5, 0.6) is 0 Å². The molecular weight excluding hydrogens is 440 g/mol. The quantitative estimate of drug-likeness (QED) is 0.0782. The van der Waals surface area contributed by atoms with Crippen LogP contribution >= 0.6 is 0 Å². The van der Waals surface area contributed by atoms with E-state index >= 15 is 0 Å². The first-order valence-corrected chi connectivity index (χ1v) is 16.7. The van der Waals surface area contributed by atoms with Crippen molar-refractivity contribution in [3.05, 3.63) is 11.8 Å². The van der Waals surface area contributed by atoms with E-state index in [0.29, 0.717) is 0 Å². The maximum atomic E-state index is 11.9. The van der Waals surface area contributed by atoms with Crippen molar-refractivity contribution in [1.82, 2.24) is 0 Å². The zero-order chi connectivity index (χ0) is 25.9. The summed E-state index contributed by atoms with van der Waals surface area (Å²) >= 11 is 0. The molecule has 36 heavy (non-hydrogen) atoms. The number of ether oxygens (including phenoxy) is 1. The van der Waals surface area contributed by atoms with Crippen LogP contribution < -0.4 is 0 Å². The topological polar surface area (TPSA) is 26.3 Å². The maximum absolute atomic E-state index is 11.9. The molecule has 1 saturated heterocycles. The molecule has 212 valence electrons. The molecule has 2 nitrogen and oxygen atoms in total. The molecule has 1 heterocycles. The van der Waals surface area contributed by atoms with Crippen molar-refractivity contribution in [2.45, 2.75) is 194 Å². The molecule has 0 spiro atoms. The molecule has 0 N–H and O–H groups in total. The van der Waals surface area contributed by atoms with E-state index in [9.17, 15) is 4.79 Å². The summed E-state index contributed by atoms with van der Waals surface area (Å²) in [4.78, 5) is 11.9. The second-order valence-electron chi connectivity index (χ2n) is 11.6. The van der Waals surface area contributed by atoms with Gasteiger partial charge in [-0.25, -0.2) is 0 Å². The Bertz CT molecular complexity index is 509. The van der Waals surface area contributed by atoms with E-state index < -0.39 is 0 Å². The molecule has 0 bridgehead atoms. The largest absolute Gasteiger partial charge is 0.430 e. The van der Waals surface area contributed by atoms with E-state index in [2.05, 4.69) is 19.9 Å². The van der Waals surface area contributed by atoms with Crippen molar-refractivity contribution >= 4 is 5.97 Å². The lowest BCUT2D eigenvalue weighted by Crippen LogP contribution is -2.32. The third kappa shape index (κ3) is 19.3. The minimum Gasteiger partial charge on any atom is -0.430 e. The lowest BCUT2D eigenvalue weighted by Gasteiger charge is -2.28. The number of carbonyl (C=O) groups is 1. The molecule has 0 aromatic heterocycles. The first kappa shape index (κ1) is 33.2. The maximum Gasteiger partial charge on any atom is 0.321 e. The summed E-state index contributed by atoms with van der Waals surface area (Å²) in [5, 5.41) is 0. The van der Waals surface area contributed by atoms with Gasteiger partial charge in [0.25, 0.3) is 0 Å². The first-order chi connectivity index (χ1) is 17.8. The fourth-order valence-corrected chi connectivity index (χ4v) is 5.53. The smallest absolute Gasteiger partial charge is 0.321 e. The highest BCUT2D eigenvalue weighted by Crippen LogP contribution is 2.32. The summed E-state index contributed by atoms with van der Waals surface area (Å²) in [6.45, 7) is 4.58. The third-order valence-corrected chi connectivity index (χ3v) is 8.10. The zero-order valence-corrected chi connectivity index (χ0v) is 24.8. The molecule has 1 atom stereocenters. The Kier molecular flexibility index (Phi) is 23.9. The van der Waals surface area contributed by atoms with Gasteiger partial charge < -0.3 is 4.74 Å². The Morgan fingerprint density at radius 1 is 0.500 bits per heavy atom. The summed E-state index contributed by atoms with van der Waals surface area (Å²) in [6.07, 6.45) is 40.3. The summed E-state index contributed by atoms with van der Waals surface area (Å²) in [5.41, 5.74) is 0. The van der Waals surface area contributed by atoms with Gasteiger partial charge in [0, 0.05) is 0 Å². The number of esters is 1. The second-order valence-corrected chi connectivity index (χ2v) is 11.6. The summed E-state index contributed by atoms with van der Waals surface area (Å²) in [7, 11) is 0. The van der Waals surface area contributed by atoms with Gasteiger partial charge in [-0.2, -0.15) is 0 Å². The van der Waals surface area contributed by atoms with Crippen LogP contribution in [0.2, 0.25) is 0 Å². The van der Waals surface area contributed by atoms with E-state index in [1.807, 2.05) is 0 Å². The Labute approximate surface area is 226 Å². The van der Waals surface area contributed by atoms with Crippen molar-refractivity contribution in [3.63, 3.8) is 0 Å². The Morgan fingerprint density at radius 2 is 0.833 bits per heavy atom. The van der Waals surface area contributed by atoms with Crippen LogP contribution in [0.3, 0.4) is 0 Å². The summed E-state index contributed by atoms with van der Waals surface area (Å²) in [5.74, 6) is 1.09. The molecule has 1 rings (SSSR count). The van der Waals surface area contributed by atoms with Gasteiger partial charge in [-0.15, -0.1) is 0 Å². The molecular formula is C34H64O2. The number of rotatable bonds is 28. The van der Waals surface area contributed by atoms with Crippen LogP contribution in [0.1, 0.15) is 194 Å². The Hall–Kier alpha value is -0.790. The second kappa shape index (κ2) is 25.8. The highest BCUT2D eigenvalue weighted by molar-refractivity contribution is 5.82. The van der Waals surface area contributed by atoms with Crippen molar-refractivity contribution in [1.29, 1.82) is 0 Å². The molecule has 0 aliphatic carbocycles. The van der Waals surface area contributed by atoms with Gasteiger partial charge in [0.05, 0.1) is 0 Å². The Morgan fingerprint density at radius 3 is 1.19 bits per heavy atom. The molecule has 1 aliphatic rings.